The average Bonchev–Trinajstić information content (AvgIpc) is 2.63. The summed E-state index contributed by atoms with van der Waals surface area (Å²) in [6.07, 6.45) is 0. The number of nitrogens with zero attached hydrogens (tertiary/aromatic N) is 2. The largest absolute Gasteiger partial charge is 0.477 e. The molecule has 6 nitrogen and oxygen atoms in total. The van der Waals surface area contributed by atoms with E-state index in [0.29, 0.717) is 23.9 Å². The van der Waals surface area contributed by atoms with E-state index in [1.54, 1.807) is 42.5 Å². The molecule has 0 unspecified atom stereocenters. The molecule has 0 saturated heterocycles. The van der Waals surface area contributed by atoms with Gasteiger partial charge in [-0.25, -0.2) is 8.42 Å². The molecule has 0 atom stereocenters. The molecule has 1 N–H and O–H groups in total. The molecular weight excluding hydrogens is 418 g/mol. The lowest BCUT2D eigenvalue weighted by Crippen LogP contribution is -2.12. The molecule has 0 fully saturated rings. The van der Waals surface area contributed by atoms with E-state index in [0.717, 1.165) is 10.0 Å². The summed E-state index contributed by atoms with van der Waals surface area (Å²) in [6.45, 7) is 2.39. The van der Waals surface area contributed by atoms with Crippen LogP contribution >= 0.6 is 15.9 Å². The van der Waals surface area contributed by atoms with Gasteiger partial charge in [0.2, 0.25) is 5.88 Å². The van der Waals surface area contributed by atoms with Gasteiger partial charge in [-0.1, -0.05) is 28.1 Å². The number of hydrogen-bond acceptors (Lipinski definition) is 5. The minimum absolute atomic E-state index is 0.187. The number of hydrogen-bond donors (Lipinski definition) is 1. The third-order valence-corrected chi connectivity index (χ3v) is 5.39. The summed E-state index contributed by atoms with van der Waals surface area (Å²) in [7, 11) is -3.67. The summed E-state index contributed by atoms with van der Waals surface area (Å²) < 4.78 is 33.7. The van der Waals surface area contributed by atoms with Crippen molar-refractivity contribution in [2.45, 2.75) is 11.8 Å². The van der Waals surface area contributed by atoms with Crippen LogP contribution in [-0.4, -0.2) is 25.2 Å². The highest BCUT2D eigenvalue weighted by atomic mass is 79.9. The SMILES string of the molecule is CCOc1ccc(-c2cccc(NS(=O)(=O)c3ccc(Br)cc3)c2)nn1. The smallest absolute Gasteiger partial charge is 0.261 e. The van der Waals surface area contributed by atoms with Crippen LogP contribution < -0.4 is 9.46 Å². The van der Waals surface area contributed by atoms with E-state index in [-0.39, 0.29) is 4.90 Å². The number of aromatic nitrogens is 2. The van der Waals surface area contributed by atoms with Crippen molar-refractivity contribution in [2.24, 2.45) is 0 Å². The van der Waals surface area contributed by atoms with Crippen molar-refractivity contribution in [3.63, 3.8) is 0 Å². The van der Waals surface area contributed by atoms with Gasteiger partial charge in [0.1, 0.15) is 0 Å². The van der Waals surface area contributed by atoms with Crippen LogP contribution in [0.1, 0.15) is 6.92 Å². The Morgan fingerprint density at radius 3 is 2.46 bits per heavy atom. The van der Waals surface area contributed by atoms with Crippen LogP contribution in [0.15, 0.2) is 70.0 Å². The lowest BCUT2D eigenvalue weighted by molar-refractivity contribution is 0.323. The van der Waals surface area contributed by atoms with Crippen molar-refractivity contribution in [3.05, 3.63) is 65.1 Å². The van der Waals surface area contributed by atoms with Crippen molar-refractivity contribution >= 4 is 31.6 Å². The molecule has 1 heterocycles. The second-order valence-electron chi connectivity index (χ2n) is 5.33. The minimum atomic E-state index is -3.67. The molecule has 26 heavy (non-hydrogen) atoms. The molecule has 0 bridgehead atoms. The maximum atomic E-state index is 12.5. The fourth-order valence-corrected chi connectivity index (χ4v) is 3.58. The predicted molar refractivity (Wildman–Crippen MR) is 104 cm³/mol. The number of nitrogens with one attached hydrogen (secondary N) is 1. The van der Waals surface area contributed by atoms with Crippen molar-refractivity contribution in [1.29, 1.82) is 0 Å². The maximum absolute atomic E-state index is 12.5. The monoisotopic (exact) mass is 433 g/mol. The first-order chi connectivity index (χ1) is 12.5. The van der Waals surface area contributed by atoms with E-state index >= 15 is 0 Å². The van der Waals surface area contributed by atoms with Gasteiger partial charge < -0.3 is 4.74 Å². The van der Waals surface area contributed by atoms with Gasteiger partial charge in [0.15, 0.2) is 0 Å². The summed E-state index contributed by atoms with van der Waals surface area (Å²) in [4.78, 5) is 0.187. The van der Waals surface area contributed by atoms with Crippen LogP contribution in [0.25, 0.3) is 11.3 Å². The number of ether oxygens (including phenoxy) is 1. The van der Waals surface area contributed by atoms with Crippen molar-refractivity contribution in [3.8, 4) is 17.1 Å². The second kappa shape index (κ2) is 7.84. The van der Waals surface area contributed by atoms with Gasteiger partial charge in [-0.2, -0.15) is 0 Å². The van der Waals surface area contributed by atoms with Gasteiger partial charge in [-0.15, -0.1) is 10.2 Å². The van der Waals surface area contributed by atoms with E-state index in [4.69, 9.17) is 4.74 Å². The Morgan fingerprint density at radius 1 is 1.04 bits per heavy atom. The summed E-state index contributed by atoms with van der Waals surface area (Å²) in [5.41, 5.74) is 1.82. The first-order valence-electron chi connectivity index (χ1n) is 7.83. The van der Waals surface area contributed by atoms with E-state index in [9.17, 15) is 8.42 Å². The summed E-state index contributed by atoms with van der Waals surface area (Å²) >= 11 is 3.29. The molecule has 0 aliphatic heterocycles. The highest BCUT2D eigenvalue weighted by molar-refractivity contribution is 9.10. The first-order valence-corrected chi connectivity index (χ1v) is 10.1. The molecular formula is C18H16BrN3O3S. The number of benzene rings is 2. The Labute approximate surface area is 160 Å². The Kier molecular flexibility index (Phi) is 5.53. The van der Waals surface area contributed by atoms with E-state index in [2.05, 4.69) is 30.8 Å². The highest BCUT2D eigenvalue weighted by Crippen LogP contribution is 2.24. The topological polar surface area (TPSA) is 81.2 Å². The maximum Gasteiger partial charge on any atom is 0.261 e. The number of anilines is 1. The first kappa shape index (κ1) is 18.3. The molecule has 0 amide bonds. The van der Waals surface area contributed by atoms with Crippen molar-refractivity contribution in [1.82, 2.24) is 10.2 Å². The Balaban J connectivity index is 1.84. The molecule has 2 aromatic carbocycles. The van der Waals surface area contributed by atoms with Gasteiger partial charge in [-0.05, 0) is 49.4 Å². The fraction of sp³-hybridized carbons (Fsp3) is 0.111. The van der Waals surface area contributed by atoms with Gasteiger partial charge in [0, 0.05) is 21.8 Å². The molecule has 8 heteroatoms. The van der Waals surface area contributed by atoms with Crippen LogP contribution in [0.5, 0.6) is 5.88 Å². The van der Waals surface area contributed by atoms with Crippen molar-refractivity contribution in [2.75, 3.05) is 11.3 Å². The number of halogens is 1. The predicted octanol–water partition coefficient (Wildman–Crippen LogP) is 4.11. The Hall–Kier alpha value is -2.45. The zero-order chi connectivity index (χ0) is 18.6. The molecule has 0 spiro atoms. The van der Waals surface area contributed by atoms with Gasteiger partial charge >= 0.3 is 0 Å². The molecule has 0 radical (unpaired) electrons. The summed E-state index contributed by atoms with van der Waals surface area (Å²) in [5.74, 6) is 0.448. The third kappa shape index (κ3) is 4.39. The van der Waals surface area contributed by atoms with Crippen molar-refractivity contribution < 1.29 is 13.2 Å². The summed E-state index contributed by atoms with van der Waals surface area (Å²) in [6, 6.07) is 16.9. The number of rotatable bonds is 6. The molecule has 3 rings (SSSR count). The molecule has 0 aliphatic carbocycles. The molecule has 0 saturated carbocycles. The third-order valence-electron chi connectivity index (χ3n) is 3.47. The van der Waals surface area contributed by atoms with Crippen LogP contribution in [-0.2, 0) is 10.0 Å². The highest BCUT2D eigenvalue weighted by Gasteiger charge is 2.14. The van der Waals surface area contributed by atoms with E-state index < -0.39 is 10.0 Å². The molecule has 3 aromatic rings. The molecule has 0 aliphatic rings. The number of sulfonamides is 1. The van der Waals surface area contributed by atoms with Gasteiger partial charge in [0.05, 0.1) is 17.2 Å². The fourth-order valence-electron chi connectivity index (χ4n) is 2.27. The zero-order valence-electron chi connectivity index (χ0n) is 13.9. The summed E-state index contributed by atoms with van der Waals surface area (Å²) in [5, 5.41) is 8.11. The lowest BCUT2D eigenvalue weighted by Gasteiger charge is -2.10. The Morgan fingerprint density at radius 2 is 1.81 bits per heavy atom. The minimum Gasteiger partial charge on any atom is -0.477 e. The molecule has 1 aromatic heterocycles. The molecule has 134 valence electrons. The van der Waals surface area contributed by atoms with Gasteiger partial charge in [0.25, 0.3) is 10.0 Å². The van der Waals surface area contributed by atoms with Crippen LogP contribution in [0.3, 0.4) is 0 Å². The van der Waals surface area contributed by atoms with Crippen LogP contribution in [0, 0.1) is 0 Å². The quantitative estimate of drug-likeness (QED) is 0.632. The normalized spacial score (nSPS) is 11.2. The lowest BCUT2D eigenvalue weighted by atomic mass is 10.1. The van der Waals surface area contributed by atoms with Gasteiger partial charge in [-0.3, -0.25) is 4.72 Å². The Bertz CT molecular complexity index is 991. The van der Waals surface area contributed by atoms with Crippen LogP contribution in [0.2, 0.25) is 0 Å². The van der Waals surface area contributed by atoms with E-state index in [1.165, 1.54) is 12.1 Å². The van der Waals surface area contributed by atoms with Crippen LogP contribution in [0.4, 0.5) is 5.69 Å². The standard InChI is InChI=1S/C18H16BrN3O3S/c1-2-25-18-11-10-17(20-21-18)13-4-3-5-15(12-13)22-26(23,24)16-8-6-14(19)7-9-16/h3-12,22H,2H2,1H3. The van der Waals surface area contributed by atoms with E-state index in [1.807, 2.05) is 13.0 Å². The zero-order valence-corrected chi connectivity index (χ0v) is 16.3. The second-order valence-corrected chi connectivity index (χ2v) is 7.93. The average molecular weight is 434 g/mol.